The van der Waals surface area contributed by atoms with Crippen molar-refractivity contribution in [3.63, 3.8) is 0 Å². The monoisotopic (exact) mass is 343 g/mol. The molecular formula is C21H17N3O2. The van der Waals surface area contributed by atoms with Crippen LogP contribution in [-0.4, -0.2) is 27.1 Å². The van der Waals surface area contributed by atoms with Crippen LogP contribution in [0.1, 0.15) is 23.0 Å². The first-order valence-corrected chi connectivity index (χ1v) is 8.65. The van der Waals surface area contributed by atoms with E-state index in [1.165, 1.54) is 0 Å². The summed E-state index contributed by atoms with van der Waals surface area (Å²) in [4.78, 5) is 20.0. The van der Waals surface area contributed by atoms with Crippen LogP contribution in [0, 0.1) is 0 Å². The largest absolute Gasteiger partial charge is 0.480 e. The van der Waals surface area contributed by atoms with E-state index >= 15 is 0 Å². The van der Waals surface area contributed by atoms with E-state index < -0.39 is 12.0 Å². The van der Waals surface area contributed by atoms with E-state index in [0.29, 0.717) is 6.42 Å². The molecule has 5 rings (SSSR count). The zero-order valence-electron chi connectivity index (χ0n) is 13.9. The quantitative estimate of drug-likeness (QED) is 0.521. The lowest BCUT2D eigenvalue weighted by Crippen LogP contribution is -2.45. The predicted octanol–water partition coefficient (Wildman–Crippen LogP) is 3.40. The maximum Gasteiger partial charge on any atom is 0.321 e. The van der Waals surface area contributed by atoms with Gasteiger partial charge in [0.05, 0.1) is 17.3 Å². The van der Waals surface area contributed by atoms with Gasteiger partial charge in [-0.15, -0.1) is 0 Å². The molecule has 0 amide bonds. The summed E-state index contributed by atoms with van der Waals surface area (Å²) in [6.07, 6.45) is 0.457. The van der Waals surface area contributed by atoms with Gasteiger partial charge in [-0.2, -0.15) is 0 Å². The van der Waals surface area contributed by atoms with Gasteiger partial charge in [-0.3, -0.25) is 15.1 Å². The van der Waals surface area contributed by atoms with E-state index in [1.807, 2.05) is 60.7 Å². The average molecular weight is 343 g/mol. The SMILES string of the molecule is O=C(O)C1Cc2c([nH]c3ccccc23)C(c2ccc3ccccc3n2)N1. The summed E-state index contributed by atoms with van der Waals surface area (Å²) >= 11 is 0. The molecule has 128 valence electrons. The topological polar surface area (TPSA) is 78.0 Å². The maximum absolute atomic E-state index is 11.7. The number of pyridine rings is 1. The van der Waals surface area contributed by atoms with Gasteiger partial charge in [0.25, 0.3) is 0 Å². The van der Waals surface area contributed by atoms with Crippen molar-refractivity contribution in [2.75, 3.05) is 0 Å². The van der Waals surface area contributed by atoms with E-state index in [4.69, 9.17) is 4.98 Å². The van der Waals surface area contributed by atoms with Gasteiger partial charge in [0.1, 0.15) is 6.04 Å². The van der Waals surface area contributed by atoms with Gasteiger partial charge in [0.15, 0.2) is 0 Å². The van der Waals surface area contributed by atoms with E-state index in [9.17, 15) is 9.90 Å². The third-order valence-electron chi connectivity index (χ3n) is 5.13. The number of benzene rings is 2. The molecule has 2 aromatic heterocycles. The Morgan fingerprint density at radius 3 is 2.73 bits per heavy atom. The molecule has 0 saturated heterocycles. The molecule has 3 heterocycles. The summed E-state index contributed by atoms with van der Waals surface area (Å²) in [6.45, 7) is 0. The molecule has 0 fully saturated rings. The van der Waals surface area contributed by atoms with Crippen molar-refractivity contribution in [2.45, 2.75) is 18.5 Å². The average Bonchev–Trinajstić information content (AvgIpc) is 3.05. The van der Waals surface area contributed by atoms with Gasteiger partial charge in [-0.25, -0.2) is 0 Å². The number of carboxylic acids is 1. The second-order valence-electron chi connectivity index (χ2n) is 6.69. The first-order valence-electron chi connectivity index (χ1n) is 8.65. The fraction of sp³-hybridized carbons (Fsp3) is 0.143. The second kappa shape index (κ2) is 5.68. The number of nitrogens with zero attached hydrogens (tertiary/aromatic N) is 1. The number of para-hydroxylation sites is 2. The van der Waals surface area contributed by atoms with Crippen LogP contribution in [0.25, 0.3) is 21.8 Å². The highest BCUT2D eigenvalue weighted by atomic mass is 16.4. The van der Waals surface area contributed by atoms with Gasteiger partial charge >= 0.3 is 5.97 Å². The van der Waals surface area contributed by atoms with E-state index in [2.05, 4.69) is 10.3 Å². The summed E-state index contributed by atoms with van der Waals surface area (Å²) < 4.78 is 0. The Labute approximate surface area is 149 Å². The Hall–Kier alpha value is -3.18. The van der Waals surface area contributed by atoms with Crippen LogP contribution in [0.15, 0.2) is 60.7 Å². The van der Waals surface area contributed by atoms with Crippen LogP contribution in [0.3, 0.4) is 0 Å². The fourth-order valence-corrected chi connectivity index (χ4v) is 3.87. The normalized spacial score (nSPS) is 19.5. The van der Waals surface area contributed by atoms with E-state index in [-0.39, 0.29) is 6.04 Å². The minimum atomic E-state index is -0.841. The van der Waals surface area contributed by atoms with Crippen molar-refractivity contribution in [1.82, 2.24) is 15.3 Å². The second-order valence-corrected chi connectivity index (χ2v) is 6.69. The smallest absolute Gasteiger partial charge is 0.321 e. The molecule has 4 aromatic rings. The number of fused-ring (bicyclic) bond motifs is 4. The molecule has 1 aliphatic heterocycles. The number of aromatic nitrogens is 2. The van der Waals surface area contributed by atoms with E-state index in [0.717, 1.165) is 38.8 Å². The Balaban J connectivity index is 1.71. The summed E-state index contributed by atoms with van der Waals surface area (Å²) in [5.41, 5.74) is 4.82. The Bertz CT molecular complexity index is 1150. The van der Waals surface area contributed by atoms with Crippen LogP contribution in [-0.2, 0) is 11.2 Å². The first-order chi connectivity index (χ1) is 12.7. The van der Waals surface area contributed by atoms with Gasteiger partial charge in [0, 0.05) is 28.4 Å². The fourth-order valence-electron chi connectivity index (χ4n) is 3.87. The molecule has 0 radical (unpaired) electrons. The van der Waals surface area contributed by atoms with Crippen LogP contribution in [0.4, 0.5) is 0 Å². The molecule has 2 aromatic carbocycles. The lowest BCUT2D eigenvalue weighted by Gasteiger charge is -2.29. The molecule has 2 atom stereocenters. The molecule has 0 saturated carbocycles. The molecule has 5 nitrogen and oxygen atoms in total. The lowest BCUT2D eigenvalue weighted by molar-refractivity contribution is -0.139. The first kappa shape index (κ1) is 15.1. The lowest BCUT2D eigenvalue weighted by atomic mass is 9.92. The maximum atomic E-state index is 11.7. The Kier molecular flexibility index (Phi) is 3.30. The molecule has 3 N–H and O–H groups in total. The van der Waals surface area contributed by atoms with Crippen molar-refractivity contribution >= 4 is 27.8 Å². The number of aliphatic carboxylic acids is 1. The molecule has 0 spiro atoms. The summed E-state index contributed by atoms with van der Waals surface area (Å²) in [5.74, 6) is -0.841. The molecule has 2 unspecified atom stereocenters. The molecule has 26 heavy (non-hydrogen) atoms. The number of carboxylic acid groups (broad SMARTS) is 1. The Morgan fingerprint density at radius 2 is 1.85 bits per heavy atom. The number of nitrogens with one attached hydrogen (secondary N) is 2. The highest BCUT2D eigenvalue weighted by molar-refractivity contribution is 5.87. The number of hydrogen-bond donors (Lipinski definition) is 3. The van der Waals surface area contributed by atoms with Crippen LogP contribution in [0.2, 0.25) is 0 Å². The molecule has 1 aliphatic rings. The van der Waals surface area contributed by atoms with Gasteiger partial charge in [-0.1, -0.05) is 42.5 Å². The highest BCUT2D eigenvalue weighted by Gasteiger charge is 2.34. The third-order valence-corrected chi connectivity index (χ3v) is 5.13. The van der Waals surface area contributed by atoms with Crippen molar-refractivity contribution in [3.8, 4) is 0 Å². The number of hydrogen-bond acceptors (Lipinski definition) is 3. The van der Waals surface area contributed by atoms with Crippen LogP contribution in [0.5, 0.6) is 0 Å². The van der Waals surface area contributed by atoms with Crippen LogP contribution < -0.4 is 5.32 Å². The third kappa shape index (κ3) is 2.29. The minimum absolute atomic E-state index is 0.281. The standard InChI is InChI=1S/C21H17N3O2/c25-21(26)18-11-14-13-6-2-4-8-16(13)23-19(14)20(24-18)17-10-9-12-5-1-3-7-15(12)22-17/h1-10,18,20,23-24H,11H2,(H,25,26). The molecule has 0 bridgehead atoms. The number of rotatable bonds is 2. The zero-order chi connectivity index (χ0) is 17.7. The number of H-pyrrole nitrogens is 1. The summed E-state index contributed by atoms with van der Waals surface area (Å²) in [5, 5.41) is 15.0. The summed E-state index contributed by atoms with van der Waals surface area (Å²) in [6, 6.07) is 19.1. The molecular weight excluding hydrogens is 326 g/mol. The van der Waals surface area contributed by atoms with Gasteiger partial charge in [0.2, 0.25) is 0 Å². The van der Waals surface area contributed by atoms with Gasteiger partial charge < -0.3 is 10.1 Å². The number of aromatic amines is 1. The highest BCUT2D eigenvalue weighted by Crippen LogP contribution is 2.35. The van der Waals surface area contributed by atoms with Crippen molar-refractivity contribution in [3.05, 3.63) is 77.6 Å². The van der Waals surface area contributed by atoms with Crippen molar-refractivity contribution in [1.29, 1.82) is 0 Å². The molecule has 0 aliphatic carbocycles. The van der Waals surface area contributed by atoms with E-state index in [1.54, 1.807) is 0 Å². The number of carbonyl (C=O) groups is 1. The molecule has 5 heteroatoms. The predicted molar refractivity (Wildman–Crippen MR) is 100 cm³/mol. The van der Waals surface area contributed by atoms with Crippen LogP contribution >= 0.6 is 0 Å². The van der Waals surface area contributed by atoms with Crippen molar-refractivity contribution < 1.29 is 9.90 Å². The summed E-state index contributed by atoms with van der Waals surface area (Å²) in [7, 11) is 0. The zero-order valence-corrected chi connectivity index (χ0v) is 13.9. The minimum Gasteiger partial charge on any atom is -0.480 e. The van der Waals surface area contributed by atoms with Crippen molar-refractivity contribution in [2.24, 2.45) is 0 Å². The Morgan fingerprint density at radius 1 is 1.04 bits per heavy atom. The van der Waals surface area contributed by atoms with Gasteiger partial charge in [-0.05, 0) is 23.8 Å².